The van der Waals surface area contributed by atoms with Crippen molar-refractivity contribution in [2.24, 2.45) is 0 Å². The molecule has 0 N–H and O–H groups in total. The maximum Gasteiger partial charge on any atom is 0.377 e. The average molecular weight is 465 g/mol. The molecule has 1 saturated heterocycles. The Labute approximate surface area is 187 Å². The van der Waals surface area contributed by atoms with E-state index in [1.54, 1.807) is 19.9 Å². The second-order valence-electron chi connectivity index (χ2n) is 6.89. The molecule has 3 rings (SSSR count). The molecule has 2 heterocycles. The number of hydrogen-bond acceptors (Lipinski definition) is 9. The lowest BCUT2D eigenvalue weighted by molar-refractivity contribution is -0.0676. The van der Waals surface area contributed by atoms with Gasteiger partial charge in [-0.1, -0.05) is 30.3 Å². The number of carbonyl (C=O) groups is 1. The van der Waals surface area contributed by atoms with Gasteiger partial charge in [0.05, 0.1) is 33.0 Å². The molecule has 11 heteroatoms. The van der Waals surface area contributed by atoms with Gasteiger partial charge in [-0.25, -0.2) is 14.5 Å². The Morgan fingerprint density at radius 3 is 2.62 bits per heavy atom. The highest BCUT2D eigenvalue weighted by Gasteiger charge is 2.38. The van der Waals surface area contributed by atoms with Crippen LogP contribution in [0.25, 0.3) is 0 Å². The van der Waals surface area contributed by atoms with Crippen LogP contribution in [0.3, 0.4) is 0 Å². The summed E-state index contributed by atoms with van der Waals surface area (Å²) in [7, 11) is -2.10. The lowest BCUT2D eigenvalue weighted by Crippen LogP contribution is -2.23. The van der Waals surface area contributed by atoms with Gasteiger partial charge in [0.25, 0.3) is 5.82 Å². The molecule has 174 valence electrons. The number of nitrogens with zero attached hydrogens (tertiary/aromatic N) is 3. The van der Waals surface area contributed by atoms with E-state index in [1.807, 2.05) is 30.3 Å². The van der Waals surface area contributed by atoms with Crippen LogP contribution in [-0.2, 0) is 34.4 Å². The molecule has 1 aromatic carbocycles. The number of esters is 1. The van der Waals surface area contributed by atoms with Crippen molar-refractivity contribution >= 4 is 13.6 Å². The van der Waals surface area contributed by atoms with Gasteiger partial charge in [0, 0.05) is 12.2 Å². The molecule has 1 fully saturated rings. The van der Waals surface area contributed by atoms with E-state index in [0.29, 0.717) is 13.0 Å². The normalized spacial score (nSPS) is 21.3. The van der Waals surface area contributed by atoms with Gasteiger partial charge in [-0.3, -0.25) is 4.57 Å². The van der Waals surface area contributed by atoms with Crippen molar-refractivity contribution in [2.75, 3.05) is 20.3 Å². The van der Waals surface area contributed by atoms with Crippen molar-refractivity contribution in [1.82, 2.24) is 14.8 Å². The fourth-order valence-electron chi connectivity index (χ4n) is 3.22. The van der Waals surface area contributed by atoms with Crippen molar-refractivity contribution in [3.8, 4) is 0 Å². The molecule has 1 aliphatic heterocycles. The highest BCUT2D eigenvalue weighted by atomic mass is 31.2. The highest BCUT2D eigenvalue weighted by molar-refractivity contribution is 7.57. The van der Waals surface area contributed by atoms with Crippen LogP contribution in [0.1, 0.15) is 42.7 Å². The third-order valence-electron chi connectivity index (χ3n) is 4.64. The Morgan fingerprint density at radius 1 is 1.25 bits per heavy atom. The van der Waals surface area contributed by atoms with Crippen LogP contribution in [0.5, 0.6) is 0 Å². The zero-order valence-electron chi connectivity index (χ0n) is 18.3. The summed E-state index contributed by atoms with van der Waals surface area (Å²) in [5.74, 6) is 0.700. The first-order chi connectivity index (χ1) is 15.5. The third-order valence-corrected chi connectivity index (χ3v) is 6.42. The molecule has 2 aromatic rings. The van der Waals surface area contributed by atoms with E-state index in [1.165, 1.54) is 23.9 Å². The smallest absolute Gasteiger partial charge is 0.377 e. The van der Waals surface area contributed by atoms with Gasteiger partial charge in [-0.15, -0.1) is 5.10 Å². The first kappa shape index (κ1) is 24.3. The molecular weight excluding hydrogens is 437 g/mol. The molecule has 10 nitrogen and oxygen atoms in total. The lowest BCUT2D eigenvalue weighted by Gasteiger charge is -2.19. The Bertz CT molecular complexity index is 940. The Hall–Kier alpha value is -2.36. The number of methoxy groups -OCH3 is 1. The number of hydrogen-bond donors (Lipinski definition) is 0. The summed E-state index contributed by atoms with van der Waals surface area (Å²) in [4.78, 5) is 15.7. The van der Waals surface area contributed by atoms with E-state index in [-0.39, 0.29) is 19.0 Å². The summed E-state index contributed by atoms with van der Waals surface area (Å²) in [6.45, 7) is 4.38. The van der Waals surface area contributed by atoms with E-state index < -0.39 is 32.0 Å². The lowest BCUT2D eigenvalue weighted by atomic mass is 10.2. The zero-order chi connectivity index (χ0) is 23.0. The van der Waals surface area contributed by atoms with Crippen LogP contribution >= 0.6 is 7.60 Å². The standard InChI is InChI=1S/C21H28N3O7P/c1-4-29-32(26,30-5-2)12-11-17-13-18(28-14-16-9-7-6-8-10-16)20(31-17)24-15-22-19(23-24)21(25)27-3/h6-12,15,17-18,20H,4-5,13-14H2,1-3H3/b12-11+/t17-,18-,20-/m1/s1. The van der Waals surface area contributed by atoms with Crippen LogP contribution in [0, 0.1) is 0 Å². The Kier molecular flexibility index (Phi) is 8.72. The van der Waals surface area contributed by atoms with E-state index in [4.69, 9.17) is 18.5 Å². The van der Waals surface area contributed by atoms with Gasteiger partial charge in [0.1, 0.15) is 12.4 Å². The van der Waals surface area contributed by atoms with Crippen molar-refractivity contribution in [3.63, 3.8) is 0 Å². The third kappa shape index (κ3) is 6.34. The predicted molar refractivity (Wildman–Crippen MR) is 115 cm³/mol. The molecular formula is C21H28N3O7P. The minimum Gasteiger partial charge on any atom is -0.463 e. The maximum atomic E-state index is 12.7. The molecule has 0 saturated carbocycles. The fourth-order valence-corrected chi connectivity index (χ4v) is 4.59. The van der Waals surface area contributed by atoms with Gasteiger partial charge in [0.2, 0.25) is 0 Å². The van der Waals surface area contributed by atoms with Crippen molar-refractivity contribution in [1.29, 1.82) is 0 Å². The van der Waals surface area contributed by atoms with Crippen LogP contribution in [-0.4, -0.2) is 53.3 Å². The summed E-state index contributed by atoms with van der Waals surface area (Å²) < 4.78 is 41.6. The van der Waals surface area contributed by atoms with Gasteiger partial charge in [-0.2, -0.15) is 0 Å². The molecule has 1 aromatic heterocycles. The number of aromatic nitrogens is 3. The fraction of sp³-hybridized carbons (Fsp3) is 0.476. The number of benzene rings is 1. The number of rotatable bonds is 11. The van der Waals surface area contributed by atoms with Crippen molar-refractivity contribution < 1.29 is 32.6 Å². The van der Waals surface area contributed by atoms with Gasteiger partial charge < -0.3 is 23.3 Å². The Morgan fingerprint density at radius 2 is 1.97 bits per heavy atom. The first-order valence-electron chi connectivity index (χ1n) is 10.4. The second-order valence-corrected chi connectivity index (χ2v) is 8.79. The largest absolute Gasteiger partial charge is 0.463 e. The molecule has 3 atom stereocenters. The number of ether oxygens (including phenoxy) is 3. The summed E-state index contributed by atoms with van der Waals surface area (Å²) in [6.07, 6.45) is 2.06. The molecule has 32 heavy (non-hydrogen) atoms. The molecule has 0 unspecified atom stereocenters. The minimum absolute atomic E-state index is 0.0749. The van der Waals surface area contributed by atoms with Crippen LogP contribution in [0.15, 0.2) is 48.6 Å². The highest BCUT2D eigenvalue weighted by Crippen LogP contribution is 2.50. The van der Waals surface area contributed by atoms with Gasteiger partial charge >= 0.3 is 13.6 Å². The van der Waals surface area contributed by atoms with E-state index in [0.717, 1.165) is 5.56 Å². The van der Waals surface area contributed by atoms with Crippen molar-refractivity contribution in [2.45, 2.75) is 45.3 Å². The monoisotopic (exact) mass is 465 g/mol. The van der Waals surface area contributed by atoms with E-state index in [9.17, 15) is 9.36 Å². The minimum atomic E-state index is -3.36. The molecule has 0 spiro atoms. The number of carbonyl (C=O) groups excluding carboxylic acids is 1. The summed E-state index contributed by atoms with van der Waals surface area (Å²) in [5.41, 5.74) is 1.01. The van der Waals surface area contributed by atoms with Crippen LogP contribution in [0.4, 0.5) is 0 Å². The maximum absolute atomic E-state index is 12.7. The SMILES string of the molecule is CCOP(=O)(/C=C/[C@@H]1C[C@@H](OCc2ccccc2)[C@H](n2cnc(C(=O)OC)n2)O1)OCC. The van der Waals surface area contributed by atoms with Gasteiger partial charge in [-0.05, 0) is 25.5 Å². The molecule has 0 amide bonds. The summed E-state index contributed by atoms with van der Waals surface area (Å²) in [6, 6.07) is 9.74. The van der Waals surface area contributed by atoms with E-state index >= 15 is 0 Å². The topological polar surface area (TPSA) is 111 Å². The molecule has 0 aliphatic carbocycles. The average Bonchev–Trinajstić information content (AvgIpc) is 3.44. The van der Waals surface area contributed by atoms with E-state index in [2.05, 4.69) is 14.8 Å². The molecule has 1 aliphatic rings. The zero-order valence-corrected chi connectivity index (χ0v) is 19.2. The quantitative estimate of drug-likeness (QED) is 0.362. The molecule has 0 radical (unpaired) electrons. The van der Waals surface area contributed by atoms with Crippen LogP contribution in [0.2, 0.25) is 0 Å². The van der Waals surface area contributed by atoms with Crippen molar-refractivity contribution in [3.05, 3.63) is 59.9 Å². The van der Waals surface area contributed by atoms with Crippen LogP contribution < -0.4 is 0 Å². The first-order valence-corrected chi connectivity index (χ1v) is 12.0. The predicted octanol–water partition coefficient (Wildman–Crippen LogP) is 3.72. The summed E-state index contributed by atoms with van der Waals surface area (Å²) in [5, 5.41) is 4.17. The van der Waals surface area contributed by atoms with Gasteiger partial charge in [0.15, 0.2) is 6.23 Å². The molecule has 0 bridgehead atoms. The second kappa shape index (κ2) is 11.5. The Balaban J connectivity index is 1.77. The summed E-state index contributed by atoms with van der Waals surface area (Å²) >= 11 is 0.